The fraction of sp³-hybridized carbons (Fsp3) is 0.429. The summed E-state index contributed by atoms with van der Waals surface area (Å²) >= 11 is 1.67. The van der Waals surface area contributed by atoms with Crippen LogP contribution in [0.2, 0.25) is 0 Å². The molecule has 116 valence electrons. The Kier molecular flexibility index (Phi) is 3.93. The van der Waals surface area contributed by atoms with Crippen molar-refractivity contribution < 1.29 is 4.92 Å². The van der Waals surface area contributed by atoms with Gasteiger partial charge in [-0.3, -0.25) is 10.1 Å². The minimum Gasteiger partial charge on any atom is -0.353 e. The maximum Gasteiger partial charge on any atom is 0.287 e. The third-order valence-corrected chi connectivity index (χ3v) is 4.72. The fourth-order valence-electron chi connectivity index (χ4n) is 2.58. The second-order valence-electron chi connectivity index (χ2n) is 5.34. The molecule has 8 heteroatoms. The van der Waals surface area contributed by atoms with Crippen LogP contribution >= 0.6 is 11.3 Å². The van der Waals surface area contributed by atoms with Crippen molar-refractivity contribution in [3.05, 3.63) is 39.0 Å². The van der Waals surface area contributed by atoms with Gasteiger partial charge in [-0.2, -0.15) is 0 Å². The van der Waals surface area contributed by atoms with Crippen LogP contribution in [-0.4, -0.2) is 41.1 Å². The molecule has 0 radical (unpaired) electrons. The van der Waals surface area contributed by atoms with E-state index in [0.717, 1.165) is 48.4 Å². The Morgan fingerprint density at radius 1 is 1.23 bits per heavy atom. The minimum atomic E-state index is -0.410. The first kappa shape index (κ1) is 14.7. The average molecular weight is 319 g/mol. The van der Waals surface area contributed by atoms with Crippen molar-refractivity contribution in [2.24, 2.45) is 0 Å². The molecule has 0 saturated carbocycles. The molecule has 2 aromatic heterocycles. The van der Waals surface area contributed by atoms with Crippen molar-refractivity contribution in [2.45, 2.75) is 13.8 Å². The molecule has 0 bridgehead atoms. The molecule has 0 N–H and O–H groups in total. The Morgan fingerprint density at radius 3 is 2.45 bits per heavy atom. The quantitative estimate of drug-likeness (QED) is 0.639. The molecule has 1 saturated heterocycles. The summed E-state index contributed by atoms with van der Waals surface area (Å²) in [7, 11) is 0. The maximum atomic E-state index is 10.8. The summed E-state index contributed by atoms with van der Waals surface area (Å²) in [5, 5.41) is 13.9. The van der Waals surface area contributed by atoms with Gasteiger partial charge in [-0.1, -0.05) is 0 Å². The predicted molar refractivity (Wildman–Crippen MR) is 86.9 cm³/mol. The van der Waals surface area contributed by atoms with E-state index in [4.69, 9.17) is 0 Å². The summed E-state index contributed by atoms with van der Waals surface area (Å²) in [6.07, 6.45) is 1.33. The monoisotopic (exact) mass is 319 g/mol. The summed E-state index contributed by atoms with van der Waals surface area (Å²) in [5.74, 6) is 0.834. The standard InChI is InChI=1S/C14H17N5O2S/c1-10-7-12(19(20)21)8-15-13(10)17-3-5-18(6-4-17)14-16-11(2)9-22-14/h7-9H,3-6H2,1-2H3. The van der Waals surface area contributed by atoms with E-state index in [0.29, 0.717) is 0 Å². The van der Waals surface area contributed by atoms with Gasteiger partial charge >= 0.3 is 0 Å². The van der Waals surface area contributed by atoms with Crippen molar-refractivity contribution in [1.82, 2.24) is 9.97 Å². The van der Waals surface area contributed by atoms with Crippen LogP contribution in [0, 0.1) is 24.0 Å². The van der Waals surface area contributed by atoms with Gasteiger partial charge in [0.15, 0.2) is 5.13 Å². The van der Waals surface area contributed by atoms with Gasteiger partial charge in [0.05, 0.1) is 10.6 Å². The Bertz CT molecular complexity index is 694. The van der Waals surface area contributed by atoms with Gasteiger partial charge in [0, 0.05) is 37.6 Å². The number of rotatable bonds is 3. The number of aromatic nitrogens is 2. The molecule has 3 heterocycles. The lowest BCUT2D eigenvalue weighted by molar-refractivity contribution is -0.385. The van der Waals surface area contributed by atoms with Crippen LogP contribution in [0.1, 0.15) is 11.3 Å². The molecule has 22 heavy (non-hydrogen) atoms. The van der Waals surface area contributed by atoms with Gasteiger partial charge in [0.2, 0.25) is 0 Å². The molecule has 1 fully saturated rings. The summed E-state index contributed by atoms with van der Waals surface area (Å²) in [6.45, 7) is 7.30. The van der Waals surface area contributed by atoms with Gasteiger partial charge < -0.3 is 9.80 Å². The van der Waals surface area contributed by atoms with E-state index < -0.39 is 4.92 Å². The highest BCUT2D eigenvalue weighted by Gasteiger charge is 2.22. The van der Waals surface area contributed by atoms with Gasteiger partial charge in [-0.15, -0.1) is 11.3 Å². The zero-order valence-electron chi connectivity index (χ0n) is 12.5. The van der Waals surface area contributed by atoms with Crippen molar-refractivity contribution in [3.8, 4) is 0 Å². The molecule has 2 aromatic rings. The average Bonchev–Trinajstić information content (AvgIpc) is 2.94. The highest BCUT2D eigenvalue weighted by Crippen LogP contribution is 2.25. The zero-order valence-corrected chi connectivity index (χ0v) is 13.3. The summed E-state index contributed by atoms with van der Waals surface area (Å²) in [6, 6.07) is 1.58. The lowest BCUT2D eigenvalue weighted by Gasteiger charge is -2.35. The second-order valence-corrected chi connectivity index (χ2v) is 6.17. The normalized spacial score (nSPS) is 15.2. The van der Waals surface area contributed by atoms with Crippen molar-refractivity contribution >= 4 is 28.0 Å². The van der Waals surface area contributed by atoms with E-state index in [1.807, 2.05) is 13.8 Å². The van der Waals surface area contributed by atoms with Crippen molar-refractivity contribution in [3.63, 3.8) is 0 Å². The first-order valence-electron chi connectivity index (χ1n) is 7.07. The topological polar surface area (TPSA) is 75.4 Å². The Labute approximate surface area is 132 Å². The molecule has 7 nitrogen and oxygen atoms in total. The highest BCUT2D eigenvalue weighted by molar-refractivity contribution is 7.13. The van der Waals surface area contributed by atoms with Gasteiger partial charge in [0.1, 0.15) is 12.0 Å². The van der Waals surface area contributed by atoms with E-state index in [2.05, 4.69) is 25.1 Å². The molecule has 0 spiro atoms. The van der Waals surface area contributed by atoms with Crippen LogP contribution in [0.5, 0.6) is 0 Å². The lowest BCUT2D eigenvalue weighted by Crippen LogP contribution is -2.47. The third-order valence-electron chi connectivity index (χ3n) is 3.70. The number of piperazine rings is 1. The molecular weight excluding hydrogens is 302 g/mol. The first-order valence-corrected chi connectivity index (χ1v) is 7.95. The molecule has 3 rings (SSSR count). The second kappa shape index (κ2) is 5.88. The van der Waals surface area contributed by atoms with Crippen LogP contribution in [0.4, 0.5) is 16.6 Å². The first-order chi connectivity index (χ1) is 10.5. The maximum absolute atomic E-state index is 10.8. The molecule has 0 unspecified atom stereocenters. The number of hydrogen-bond acceptors (Lipinski definition) is 7. The van der Waals surface area contributed by atoms with Gasteiger partial charge in [-0.25, -0.2) is 9.97 Å². The molecule has 0 amide bonds. The van der Waals surface area contributed by atoms with E-state index in [1.54, 1.807) is 17.4 Å². The van der Waals surface area contributed by atoms with E-state index in [9.17, 15) is 10.1 Å². The summed E-state index contributed by atoms with van der Waals surface area (Å²) < 4.78 is 0. The van der Waals surface area contributed by atoms with E-state index in [-0.39, 0.29) is 5.69 Å². The van der Waals surface area contributed by atoms with E-state index >= 15 is 0 Å². The van der Waals surface area contributed by atoms with Crippen molar-refractivity contribution in [1.29, 1.82) is 0 Å². The molecule has 1 aliphatic rings. The lowest BCUT2D eigenvalue weighted by atomic mass is 10.2. The SMILES string of the molecule is Cc1csc(N2CCN(c3ncc([N+](=O)[O-])cc3C)CC2)n1. The Morgan fingerprint density at radius 2 is 1.91 bits per heavy atom. The fourth-order valence-corrected chi connectivity index (χ4v) is 3.44. The smallest absolute Gasteiger partial charge is 0.287 e. The number of aryl methyl sites for hydroxylation is 2. The molecule has 0 atom stereocenters. The molecular formula is C14H17N5O2S. The van der Waals surface area contributed by atoms with Crippen LogP contribution in [0.15, 0.2) is 17.6 Å². The summed E-state index contributed by atoms with van der Waals surface area (Å²) in [4.78, 5) is 23.6. The number of hydrogen-bond donors (Lipinski definition) is 0. The number of pyridine rings is 1. The molecule has 0 aromatic carbocycles. The number of anilines is 2. The van der Waals surface area contributed by atoms with E-state index in [1.165, 1.54) is 6.20 Å². The van der Waals surface area contributed by atoms with Crippen LogP contribution in [0.25, 0.3) is 0 Å². The number of nitro groups is 1. The van der Waals surface area contributed by atoms with Crippen LogP contribution < -0.4 is 9.80 Å². The third kappa shape index (κ3) is 2.87. The highest BCUT2D eigenvalue weighted by atomic mass is 32.1. The molecule has 1 aliphatic heterocycles. The van der Waals surface area contributed by atoms with Crippen LogP contribution in [-0.2, 0) is 0 Å². The van der Waals surface area contributed by atoms with Crippen molar-refractivity contribution in [2.75, 3.05) is 36.0 Å². The molecule has 0 aliphatic carbocycles. The zero-order chi connectivity index (χ0) is 15.7. The summed E-state index contributed by atoms with van der Waals surface area (Å²) in [5.41, 5.74) is 1.93. The predicted octanol–water partition coefficient (Wildman–Crippen LogP) is 2.39. The Balaban J connectivity index is 1.70. The van der Waals surface area contributed by atoms with Gasteiger partial charge in [-0.05, 0) is 19.4 Å². The number of nitrogens with zero attached hydrogens (tertiary/aromatic N) is 5. The minimum absolute atomic E-state index is 0.0400. The van der Waals surface area contributed by atoms with Crippen LogP contribution in [0.3, 0.4) is 0 Å². The van der Waals surface area contributed by atoms with Gasteiger partial charge in [0.25, 0.3) is 5.69 Å². The number of thiazole rings is 1. The largest absolute Gasteiger partial charge is 0.353 e. The Hall–Kier alpha value is -2.22.